The zero-order valence-electron chi connectivity index (χ0n) is 16.0. The van der Waals surface area contributed by atoms with Crippen molar-refractivity contribution in [3.63, 3.8) is 0 Å². The number of aromatic nitrogens is 1. The van der Waals surface area contributed by atoms with E-state index >= 15 is 0 Å². The van der Waals surface area contributed by atoms with Crippen LogP contribution in [-0.2, 0) is 0 Å². The van der Waals surface area contributed by atoms with Crippen molar-refractivity contribution < 1.29 is 18.9 Å². The first kappa shape index (κ1) is 17.3. The Balaban J connectivity index is 1.80. The van der Waals surface area contributed by atoms with E-state index in [-0.39, 0.29) is 5.43 Å². The molecule has 0 saturated carbocycles. The molecular formula is C24H18NO4+. The highest BCUT2D eigenvalue weighted by molar-refractivity contribution is 5.99. The average Bonchev–Trinajstić information content (AvgIpc) is 2.77. The van der Waals surface area contributed by atoms with Gasteiger partial charge in [-0.1, -0.05) is 12.1 Å². The maximum Gasteiger partial charge on any atom is 0.219 e. The Morgan fingerprint density at radius 3 is 2.34 bits per heavy atom. The van der Waals surface area contributed by atoms with Crippen LogP contribution in [0, 0.1) is 0 Å². The molecule has 0 aliphatic heterocycles. The Morgan fingerprint density at radius 2 is 1.59 bits per heavy atom. The first-order valence-electron chi connectivity index (χ1n) is 9.22. The number of hydrogen-bond acceptors (Lipinski definition) is 4. The third kappa shape index (κ3) is 2.79. The molecule has 0 fully saturated rings. The second-order valence-electron chi connectivity index (χ2n) is 6.80. The van der Waals surface area contributed by atoms with Crippen LogP contribution >= 0.6 is 0 Å². The summed E-state index contributed by atoms with van der Waals surface area (Å²) in [6.07, 6.45) is 0. The topological polar surface area (TPSA) is 62.8 Å². The summed E-state index contributed by atoms with van der Waals surface area (Å²) in [4.78, 5) is 16.3. The zero-order chi connectivity index (χ0) is 20.0. The van der Waals surface area contributed by atoms with E-state index in [2.05, 4.69) is 4.98 Å². The second-order valence-corrected chi connectivity index (χ2v) is 6.80. The molecule has 5 nitrogen and oxygen atoms in total. The van der Waals surface area contributed by atoms with Crippen LogP contribution < -0.4 is 19.9 Å². The smallest absolute Gasteiger partial charge is 0.219 e. The molecule has 0 atom stereocenters. The van der Waals surface area contributed by atoms with Gasteiger partial charge < -0.3 is 13.9 Å². The fourth-order valence-electron chi connectivity index (χ4n) is 3.64. The minimum atomic E-state index is -0.0162. The van der Waals surface area contributed by atoms with E-state index in [1.54, 1.807) is 14.2 Å². The third-order valence-corrected chi connectivity index (χ3v) is 5.15. The number of ether oxygens (including phenoxy) is 2. The molecule has 2 heterocycles. The minimum absolute atomic E-state index is 0.0162. The minimum Gasteiger partial charge on any atom is -0.497 e. The molecule has 0 aliphatic rings. The first-order valence-corrected chi connectivity index (χ1v) is 9.22. The van der Waals surface area contributed by atoms with Gasteiger partial charge >= 0.3 is 0 Å². The molecule has 2 aromatic heterocycles. The van der Waals surface area contributed by atoms with Gasteiger partial charge in [0.25, 0.3) is 0 Å². The normalized spacial score (nSPS) is 11.2. The summed E-state index contributed by atoms with van der Waals surface area (Å²) in [5, 5.41) is 2.00. The summed E-state index contributed by atoms with van der Waals surface area (Å²) in [5.41, 5.74) is 3.03. The first-order chi connectivity index (χ1) is 14.2. The lowest BCUT2D eigenvalue weighted by atomic mass is 10.1. The second kappa shape index (κ2) is 6.63. The molecule has 0 bridgehead atoms. The number of pyridine rings is 1. The van der Waals surface area contributed by atoms with Gasteiger partial charge in [0.05, 0.1) is 36.4 Å². The highest BCUT2D eigenvalue weighted by Gasteiger charge is 2.17. The van der Waals surface area contributed by atoms with Gasteiger partial charge in [-0.05, 0) is 36.4 Å². The SMILES string of the molecule is COc1ccc(-c2cc(OC)c3cc4c(=O)c5ccccc5[nH+]c4cc3o2)cc1. The number of para-hydroxylation sites is 1. The van der Waals surface area contributed by atoms with Gasteiger partial charge in [-0.15, -0.1) is 0 Å². The lowest BCUT2D eigenvalue weighted by Crippen LogP contribution is -2.14. The number of aromatic amines is 1. The Morgan fingerprint density at radius 1 is 0.793 bits per heavy atom. The molecule has 3 aromatic carbocycles. The molecule has 5 aromatic rings. The molecule has 0 unspecified atom stereocenters. The van der Waals surface area contributed by atoms with Gasteiger partial charge in [0.2, 0.25) is 16.5 Å². The average molecular weight is 384 g/mol. The third-order valence-electron chi connectivity index (χ3n) is 5.15. The maximum absolute atomic E-state index is 13.0. The van der Waals surface area contributed by atoms with Crippen LogP contribution in [0.1, 0.15) is 0 Å². The van der Waals surface area contributed by atoms with Crippen LogP contribution in [0.3, 0.4) is 0 Å². The summed E-state index contributed by atoms with van der Waals surface area (Å²) in [6, 6.07) is 20.6. The number of H-pyrrole nitrogens is 1. The zero-order valence-corrected chi connectivity index (χ0v) is 16.0. The number of benzene rings is 3. The standard InChI is InChI=1S/C24H17NO4/c1-27-15-9-7-14(8-10-15)21-13-22(28-2)18-11-17-20(12-23(18)29-21)25-19-6-4-3-5-16(19)24(17)26/h3-13H,1-2H3/p+1. The largest absolute Gasteiger partial charge is 0.497 e. The number of fused-ring (bicyclic) bond motifs is 3. The molecule has 5 heteroatoms. The lowest BCUT2D eigenvalue weighted by molar-refractivity contribution is -0.310. The number of rotatable bonds is 3. The quantitative estimate of drug-likeness (QED) is 0.427. The van der Waals surface area contributed by atoms with Crippen molar-refractivity contribution in [1.82, 2.24) is 0 Å². The van der Waals surface area contributed by atoms with Crippen molar-refractivity contribution in [2.45, 2.75) is 0 Å². The van der Waals surface area contributed by atoms with Crippen LogP contribution in [0.25, 0.3) is 44.1 Å². The van der Waals surface area contributed by atoms with Crippen molar-refractivity contribution in [3.05, 3.63) is 77.0 Å². The summed E-state index contributed by atoms with van der Waals surface area (Å²) in [5.74, 6) is 2.09. The van der Waals surface area contributed by atoms with Crippen LogP contribution in [-0.4, -0.2) is 14.2 Å². The maximum atomic E-state index is 13.0. The predicted octanol–water partition coefficient (Wildman–Crippen LogP) is 4.60. The van der Waals surface area contributed by atoms with Gasteiger partial charge in [0.15, 0.2) is 0 Å². The molecule has 142 valence electrons. The van der Waals surface area contributed by atoms with E-state index in [0.29, 0.717) is 27.9 Å². The molecule has 1 N–H and O–H groups in total. The van der Waals surface area contributed by atoms with Gasteiger partial charge in [0.1, 0.15) is 22.8 Å². The van der Waals surface area contributed by atoms with E-state index in [4.69, 9.17) is 13.9 Å². The van der Waals surface area contributed by atoms with Gasteiger partial charge in [0, 0.05) is 17.7 Å². The van der Waals surface area contributed by atoms with Crippen molar-refractivity contribution in [3.8, 4) is 22.8 Å². The Hall–Kier alpha value is -3.86. The lowest BCUT2D eigenvalue weighted by Gasteiger charge is -2.09. The van der Waals surface area contributed by atoms with E-state index in [1.807, 2.05) is 66.7 Å². The summed E-state index contributed by atoms with van der Waals surface area (Å²) in [6.45, 7) is 0. The molecule has 0 aliphatic carbocycles. The summed E-state index contributed by atoms with van der Waals surface area (Å²) in [7, 11) is 3.25. The van der Waals surface area contributed by atoms with Gasteiger partial charge in [-0.25, -0.2) is 4.98 Å². The van der Waals surface area contributed by atoms with Crippen LogP contribution in [0.5, 0.6) is 11.5 Å². The monoisotopic (exact) mass is 384 g/mol. The van der Waals surface area contributed by atoms with Crippen LogP contribution in [0.2, 0.25) is 0 Å². The highest BCUT2D eigenvalue weighted by Crippen LogP contribution is 2.34. The fraction of sp³-hybridized carbons (Fsp3) is 0.0833. The van der Waals surface area contributed by atoms with Crippen molar-refractivity contribution >= 4 is 32.8 Å². The molecule has 5 rings (SSSR count). The predicted molar refractivity (Wildman–Crippen MR) is 113 cm³/mol. The van der Waals surface area contributed by atoms with E-state index in [1.165, 1.54) is 0 Å². The molecule has 0 radical (unpaired) electrons. The van der Waals surface area contributed by atoms with Gasteiger partial charge in [-0.2, -0.15) is 0 Å². The number of methoxy groups -OCH3 is 2. The highest BCUT2D eigenvalue weighted by atomic mass is 16.5. The van der Waals surface area contributed by atoms with Crippen molar-refractivity contribution in [1.29, 1.82) is 0 Å². The Bertz CT molecular complexity index is 1440. The van der Waals surface area contributed by atoms with Crippen molar-refractivity contribution in [2.75, 3.05) is 14.2 Å². The summed E-state index contributed by atoms with van der Waals surface area (Å²) < 4.78 is 17.0. The van der Waals surface area contributed by atoms with E-state index in [9.17, 15) is 4.79 Å². The number of hydrogen-bond donors (Lipinski definition) is 0. The van der Waals surface area contributed by atoms with E-state index < -0.39 is 0 Å². The Kier molecular flexibility index (Phi) is 3.95. The van der Waals surface area contributed by atoms with Gasteiger partial charge in [-0.3, -0.25) is 4.79 Å². The molecule has 29 heavy (non-hydrogen) atoms. The molecule has 0 spiro atoms. The van der Waals surface area contributed by atoms with Crippen molar-refractivity contribution in [2.24, 2.45) is 0 Å². The van der Waals surface area contributed by atoms with E-state index in [0.717, 1.165) is 27.7 Å². The van der Waals surface area contributed by atoms with Crippen LogP contribution in [0.15, 0.2) is 75.9 Å². The summed E-state index contributed by atoms with van der Waals surface area (Å²) >= 11 is 0. The molecule has 0 saturated heterocycles. The number of nitrogens with one attached hydrogen (secondary N) is 1. The Labute approximate surface area is 166 Å². The molecule has 0 amide bonds. The fourth-order valence-corrected chi connectivity index (χ4v) is 3.64. The van der Waals surface area contributed by atoms with Crippen LogP contribution in [0.4, 0.5) is 0 Å². The molecular weight excluding hydrogens is 366 g/mol.